The molecule has 2 rings (SSSR count). The molecule has 1 atom stereocenters. The van der Waals surface area contributed by atoms with E-state index >= 15 is 0 Å². The Morgan fingerprint density at radius 2 is 2.14 bits per heavy atom. The fourth-order valence-corrected chi connectivity index (χ4v) is 3.17. The van der Waals surface area contributed by atoms with E-state index in [2.05, 4.69) is 11.8 Å². The lowest BCUT2D eigenvalue weighted by atomic mass is 9.98. The molecule has 0 radical (unpaired) electrons. The number of rotatable bonds is 7. The van der Waals surface area contributed by atoms with Gasteiger partial charge in [0.1, 0.15) is 12.4 Å². The number of carbonyl (C=O) groups excluding carboxylic acids is 1. The summed E-state index contributed by atoms with van der Waals surface area (Å²) in [5.41, 5.74) is 0.682. The van der Waals surface area contributed by atoms with Crippen molar-refractivity contribution in [1.82, 2.24) is 4.90 Å². The van der Waals surface area contributed by atoms with Crippen LogP contribution in [0.5, 0.6) is 5.75 Å². The van der Waals surface area contributed by atoms with Gasteiger partial charge in [0.25, 0.3) is 0 Å². The first kappa shape index (κ1) is 16.0. The zero-order valence-corrected chi connectivity index (χ0v) is 13.3. The largest absolute Gasteiger partial charge is 0.491 e. The maximum atomic E-state index is 11.6. The standard InChI is InChI=1S/C18H27NO2/c1-3-8-16-9-6-7-12-19(16)13-14-21-18-11-5-4-10-17(18)15(2)20/h4-5,10-11,16H,3,6-9,12-14H2,1-2H3. The second kappa shape index (κ2) is 8.18. The molecule has 3 nitrogen and oxygen atoms in total. The Hall–Kier alpha value is -1.35. The molecule has 1 aliphatic heterocycles. The van der Waals surface area contributed by atoms with Gasteiger partial charge in [0, 0.05) is 12.6 Å². The molecule has 1 fully saturated rings. The highest BCUT2D eigenvalue weighted by Crippen LogP contribution is 2.21. The molecule has 0 amide bonds. The third-order valence-electron chi connectivity index (χ3n) is 4.27. The number of piperidine rings is 1. The van der Waals surface area contributed by atoms with Gasteiger partial charge in [-0.2, -0.15) is 0 Å². The van der Waals surface area contributed by atoms with E-state index in [0.29, 0.717) is 17.9 Å². The van der Waals surface area contributed by atoms with Crippen LogP contribution >= 0.6 is 0 Å². The molecule has 1 saturated heterocycles. The first-order chi connectivity index (χ1) is 10.2. The number of para-hydroxylation sites is 1. The van der Waals surface area contributed by atoms with Crippen LogP contribution in [0.15, 0.2) is 24.3 Å². The molecule has 1 aromatic carbocycles. The zero-order valence-electron chi connectivity index (χ0n) is 13.3. The summed E-state index contributed by atoms with van der Waals surface area (Å²) in [6.45, 7) is 6.64. The van der Waals surface area contributed by atoms with Crippen LogP contribution in [-0.4, -0.2) is 36.4 Å². The van der Waals surface area contributed by atoms with E-state index in [1.54, 1.807) is 6.92 Å². The maximum Gasteiger partial charge on any atom is 0.163 e. The average molecular weight is 289 g/mol. The number of hydrogen-bond acceptors (Lipinski definition) is 3. The fraction of sp³-hybridized carbons (Fsp3) is 0.611. The van der Waals surface area contributed by atoms with Gasteiger partial charge in [0.15, 0.2) is 5.78 Å². The summed E-state index contributed by atoms with van der Waals surface area (Å²) in [4.78, 5) is 14.1. The number of hydrogen-bond donors (Lipinski definition) is 0. The van der Waals surface area contributed by atoms with Crippen molar-refractivity contribution in [2.75, 3.05) is 19.7 Å². The number of Topliss-reactive ketones (excluding diaryl/α,β-unsaturated/α-hetero) is 1. The predicted molar refractivity (Wildman–Crippen MR) is 86.1 cm³/mol. The van der Waals surface area contributed by atoms with E-state index in [1.165, 1.54) is 38.6 Å². The molecule has 1 aliphatic rings. The molecule has 0 aromatic heterocycles. The Morgan fingerprint density at radius 1 is 1.33 bits per heavy atom. The van der Waals surface area contributed by atoms with Crippen LogP contribution in [0.4, 0.5) is 0 Å². The van der Waals surface area contributed by atoms with E-state index < -0.39 is 0 Å². The van der Waals surface area contributed by atoms with Gasteiger partial charge in [-0.25, -0.2) is 0 Å². The number of nitrogens with zero attached hydrogens (tertiary/aromatic N) is 1. The molecule has 1 unspecified atom stereocenters. The molecule has 3 heteroatoms. The Kier molecular flexibility index (Phi) is 6.24. The predicted octanol–water partition coefficient (Wildman–Crippen LogP) is 3.92. The summed E-state index contributed by atoms with van der Waals surface area (Å²) < 4.78 is 5.87. The van der Waals surface area contributed by atoms with E-state index in [4.69, 9.17) is 4.74 Å². The minimum Gasteiger partial charge on any atom is -0.491 e. The zero-order chi connectivity index (χ0) is 15.1. The fourth-order valence-electron chi connectivity index (χ4n) is 3.17. The van der Waals surface area contributed by atoms with Crippen LogP contribution in [0.3, 0.4) is 0 Å². The highest BCUT2D eigenvalue weighted by molar-refractivity contribution is 5.96. The van der Waals surface area contributed by atoms with Crippen molar-refractivity contribution in [2.24, 2.45) is 0 Å². The van der Waals surface area contributed by atoms with E-state index in [1.807, 2.05) is 24.3 Å². The van der Waals surface area contributed by atoms with Crippen LogP contribution in [0, 0.1) is 0 Å². The second-order valence-electron chi connectivity index (χ2n) is 5.88. The Morgan fingerprint density at radius 3 is 2.90 bits per heavy atom. The Labute approximate surface area is 128 Å². The van der Waals surface area contributed by atoms with Gasteiger partial charge in [-0.05, 0) is 44.9 Å². The van der Waals surface area contributed by atoms with Crippen LogP contribution in [0.25, 0.3) is 0 Å². The lowest BCUT2D eigenvalue weighted by molar-refractivity contribution is 0.100. The van der Waals surface area contributed by atoms with E-state index in [-0.39, 0.29) is 5.78 Å². The molecule has 0 spiro atoms. The topological polar surface area (TPSA) is 29.5 Å². The van der Waals surface area contributed by atoms with Gasteiger partial charge in [-0.3, -0.25) is 9.69 Å². The Balaban J connectivity index is 1.87. The molecule has 1 aromatic rings. The summed E-state index contributed by atoms with van der Waals surface area (Å²) in [7, 11) is 0. The highest BCUT2D eigenvalue weighted by Gasteiger charge is 2.21. The van der Waals surface area contributed by atoms with Crippen LogP contribution in [0.2, 0.25) is 0 Å². The molecular weight excluding hydrogens is 262 g/mol. The number of likely N-dealkylation sites (tertiary alicyclic amines) is 1. The molecule has 0 saturated carbocycles. The van der Waals surface area contributed by atoms with Crippen molar-refractivity contribution in [3.05, 3.63) is 29.8 Å². The van der Waals surface area contributed by atoms with Gasteiger partial charge >= 0.3 is 0 Å². The highest BCUT2D eigenvalue weighted by atomic mass is 16.5. The van der Waals surface area contributed by atoms with Crippen LogP contribution < -0.4 is 4.74 Å². The lowest BCUT2D eigenvalue weighted by Crippen LogP contribution is -2.41. The molecule has 0 N–H and O–H groups in total. The number of ether oxygens (including phenoxy) is 1. The SMILES string of the molecule is CCCC1CCCCN1CCOc1ccccc1C(C)=O. The quantitative estimate of drug-likeness (QED) is 0.712. The summed E-state index contributed by atoms with van der Waals surface area (Å²) in [6.07, 6.45) is 6.50. The Bertz CT molecular complexity index is 456. The third-order valence-corrected chi connectivity index (χ3v) is 4.27. The normalized spacial score (nSPS) is 19.4. The molecule has 1 heterocycles. The third kappa shape index (κ3) is 4.57. The number of carbonyl (C=O) groups is 1. The minimum absolute atomic E-state index is 0.0624. The van der Waals surface area contributed by atoms with Crippen molar-refractivity contribution in [2.45, 2.75) is 52.0 Å². The van der Waals surface area contributed by atoms with Crippen LogP contribution in [-0.2, 0) is 0 Å². The van der Waals surface area contributed by atoms with Gasteiger partial charge in [0.05, 0.1) is 5.56 Å². The number of ketones is 1. The second-order valence-corrected chi connectivity index (χ2v) is 5.88. The summed E-state index contributed by atoms with van der Waals surface area (Å²) in [5, 5.41) is 0. The summed E-state index contributed by atoms with van der Waals surface area (Å²) >= 11 is 0. The molecule has 0 bridgehead atoms. The van der Waals surface area contributed by atoms with Crippen molar-refractivity contribution in [1.29, 1.82) is 0 Å². The first-order valence-electron chi connectivity index (χ1n) is 8.19. The minimum atomic E-state index is 0.0624. The van der Waals surface area contributed by atoms with Gasteiger partial charge in [-0.1, -0.05) is 31.9 Å². The van der Waals surface area contributed by atoms with Gasteiger partial charge < -0.3 is 4.74 Å². The summed E-state index contributed by atoms with van der Waals surface area (Å²) in [5.74, 6) is 0.779. The number of benzene rings is 1. The van der Waals surface area contributed by atoms with Crippen molar-refractivity contribution >= 4 is 5.78 Å². The molecule has 116 valence electrons. The van der Waals surface area contributed by atoms with Gasteiger partial charge in [0.2, 0.25) is 0 Å². The van der Waals surface area contributed by atoms with Crippen molar-refractivity contribution in [3.63, 3.8) is 0 Å². The maximum absolute atomic E-state index is 11.6. The van der Waals surface area contributed by atoms with Crippen molar-refractivity contribution < 1.29 is 9.53 Å². The monoisotopic (exact) mass is 289 g/mol. The molecular formula is C18H27NO2. The lowest BCUT2D eigenvalue weighted by Gasteiger charge is -2.35. The average Bonchev–Trinajstić information content (AvgIpc) is 2.49. The van der Waals surface area contributed by atoms with E-state index in [0.717, 1.165) is 12.6 Å². The van der Waals surface area contributed by atoms with Crippen LogP contribution in [0.1, 0.15) is 56.3 Å². The van der Waals surface area contributed by atoms with E-state index in [9.17, 15) is 4.79 Å². The summed E-state index contributed by atoms with van der Waals surface area (Å²) in [6, 6.07) is 8.23. The smallest absolute Gasteiger partial charge is 0.163 e. The molecule has 0 aliphatic carbocycles. The van der Waals surface area contributed by atoms with Crippen molar-refractivity contribution in [3.8, 4) is 5.75 Å². The first-order valence-corrected chi connectivity index (χ1v) is 8.19. The molecule has 21 heavy (non-hydrogen) atoms. The van der Waals surface area contributed by atoms with Gasteiger partial charge in [-0.15, -0.1) is 0 Å².